The number of carbonyl (C=O) groups is 1. The highest BCUT2D eigenvalue weighted by molar-refractivity contribution is 7.85. The number of piperidine rings is 1. The van der Waals surface area contributed by atoms with E-state index in [9.17, 15) is 13.4 Å². The first-order chi connectivity index (χ1) is 10.3. The Labute approximate surface area is 131 Å². The molecule has 22 heavy (non-hydrogen) atoms. The Hall–Kier alpha value is -1.57. The molecule has 1 atom stereocenters. The van der Waals surface area contributed by atoms with Crippen LogP contribution in [0.5, 0.6) is 0 Å². The van der Waals surface area contributed by atoms with Crippen LogP contribution < -0.4 is 0 Å². The highest BCUT2D eigenvalue weighted by Crippen LogP contribution is 2.21. The van der Waals surface area contributed by atoms with Crippen molar-refractivity contribution >= 4 is 16.9 Å². The van der Waals surface area contributed by atoms with E-state index >= 15 is 0 Å². The summed E-state index contributed by atoms with van der Waals surface area (Å²) >= 11 is 0. The van der Waals surface area contributed by atoms with Gasteiger partial charge < -0.3 is 9.64 Å². The fourth-order valence-electron chi connectivity index (χ4n) is 2.13. The van der Waals surface area contributed by atoms with Gasteiger partial charge in [0.25, 0.3) is 0 Å². The Morgan fingerprint density at radius 1 is 1.32 bits per heavy atom. The molecule has 2 heterocycles. The Balaban J connectivity index is 1.90. The van der Waals surface area contributed by atoms with E-state index in [1.165, 1.54) is 0 Å². The molecule has 1 amide bonds. The van der Waals surface area contributed by atoms with Crippen molar-refractivity contribution in [2.75, 3.05) is 13.1 Å². The van der Waals surface area contributed by atoms with Gasteiger partial charge in [-0.3, -0.25) is 4.21 Å². The molecule has 1 aromatic heterocycles. The number of likely N-dealkylation sites (tertiary alicyclic amines) is 1. The molecule has 1 fully saturated rings. The molecule has 0 saturated carbocycles. The average Bonchev–Trinajstić information content (AvgIpc) is 2.46. The number of carbonyl (C=O) groups excluding carboxylic acids is 1. The van der Waals surface area contributed by atoms with Gasteiger partial charge in [-0.25, -0.2) is 19.2 Å². The van der Waals surface area contributed by atoms with E-state index in [1.54, 1.807) is 4.90 Å². The standard InChI is InChI=1S/C14H20FN3O3S/c1-14(2,3)21-13(19)18-6-4-11(5-7-18)22(20)12-16-8-10(15)9-17-12/h8-9,11H,4-7H2,1-3H3. The summed E-state index contributed by atoms with van der Waals surface area (Å²) in [5.41, 5.74) is -0.529. The Morgan fingerprint density at radius 3 is 2.36 bits per heavy atom. The first-order valence-electron chi connectivity index (χ1n) is 7.12. The monoisotopic (exact) mass is 329 g/mol. The normalized spacial score (nSPS) is 18.1. The van der Waals surface area contributed by atoms with Crippen LogP contribution in [0.3, 0.4) is 0 Å². The summed E-state index contributed by atoms with van der Waals surface area (Å²) in [6.45, 7) is 6.41. The molecule has 0 spiro atoms. The molecule has 0 radical (unpaired) electrons. The van der Waals surface area contributed by atoms with Crippen molar-refractivity contribution in [3.63, 3.8) is 0 Å². The molecule has 0 aromatic carbocycles. The van der Waals surface area contributed by atoms with Crippen LogP contribution in [0, 0.1) is 5.82 Å². The highest BCUT2D eigenvalue weighted by Gasteiger charge is 2.30. The van der Waals surface area contributed by atoms with E-state index < -0.39 is 22.2 Å². The van der Waals surface area contributed by atoms with Crippen LogP contribution in [0.2, 0.25) is 0 Å². The maximum Gasteiger partial charge on any atom is 0.410 e. The van der Waals surface area contributed by atoms with Crippen LogP contribution in [-0.2, 0) is 15.5 Å². The van der Waals surface area contributed by atoms with Crippen LogP contribution in [0.1, 0.15) is 33.6 Å². The van der Waals surface area contributed by atoms with Crippen molar-refractivity contribution in [3.8, 4) is 0 Å². The lowest BCUT2D eigenvalue weighted by molar-refractivity contribution is 0.0218. The molecule has 6 nitrogen and oxygen atoms in total. The smallest absolute Gasteiger partial charge is 0.410 e. The number of hydrogen-bond donors (Lipinski definition) is 0. The van der Waals surface area contributed by atoms with Crippen molar-refractivity contribution in [2.24, 2.45) is 0 Å². The van der Waals surface area contributed by atoms with Gasteiger partial charge in [-0.05, 0) is 33.6 Å². The zero-order valence-corrected chi connectivity index (χ0v) is 13.7. The van der Waals surface area contributed by atoms with Crippen LogP contribution in [0.15, 0.2) is 17.6 Å². The number of aromatic nitrogens is 2. The van der Waals surface area contributed by atoms with E-state index in [1.807, 2.05) is 20.8 Å². The summed E-state index contributed by atoms with van der Waals surface area (Å²) < 4.78 is 30.4. The van der Waals surface area contributed by atoms with Gasteiger partial charge >= 0.3 is 6.09 Å². The first-order valence-corrected chi connectivity index (χ1v) is 8.33. The van der Waals surface area contributed by atoms with Gasteiger partial charge in [0.1, 0.15) is 5.60 Å². The molecule has 1 aromatic rings. The summed E-state index contributed by atoms with van der Waals surface area (Å²) in [7, 11) is -1.39. The van der Waals surface area contributed by atoms with E-state index in [0.29, 0.717) is 25.9 Å². The molecular formula is C14H20FN3O3S. The minimum Gasteiger partial charge on any atom is -0.444 e. The molecule has 0 bridgehead atoms. The molecule has 1 saturated heterocycles. The second kappa shape index (κ2) is 6.68. The number of halogens is 1. The molecule has 122 valence electrons. The summed E-state index contributed by atoms with van der Waals surface area (Å²) in [5, 5.41) is 0.00117. The fourth-order valence-corrected chi connectivity index (χ4v) is 3.38. The fraction of sp³-hybridized carbons (Fsp3) is 0.643. The van der Waals surface area contributed by atoms with Crippen LogP contribution in [-0.4, -0.2) is 49.1 Å². The maximum atomic E-state index is 12.8. The van der Waals surface area contributed by atoms with Gasteiger partial charge in [0, 0.05) is 18.3 Å². The van der Waals surface area contributed by atoms with Crippen molar-refractivity contribution in [1.29, 1.82) is 0 Å². The Morgan fingerprint density at radius 2 is 1.86 bits per heavy atom. The summed E-state index contributed by atoms with van der Waals surface area (Å²) in [6, 6.07) is 0. The number of nitrogens with zero attached hydrogens (tertiary/aromatic N) is 3. The van der Waals surface area contributed by atoms with E-state index in [2.05, 4.69) is 9.97 Å². The SMILES string of the molecule is CC(C)(C)OC(=O)N1CCC(S(=O)c2ncc(F)cn2)CC1. The lowest BCUT2D eigenvalue weighted by Crippen LogP contribution is -2.43. The van der Waals surface area contributed by atoms with E-state index in [-0.39, 0.29) is 16.5 Å². The summed E-state index contributed by atoms with van der Waals surface area (Å²) in [5.74, 6) is -0.555. The number of ether oxygens (including phenoxy) is 1. The van der Waals surface area contributed by atoms with Gasteiger partial charge in [-0.15, -0.1) is 0 Å². The van der Waals surface area contributed by atoms with E-state index in [0.717, 1.165) is 12.4 Å². The predicted molar refractivity (Wildman–Crippen MR) is 79.2 cm³/mol. The Kier molecular flexibility index (Phi) is 5.10. The van der Waals surface area contributed by atoms with Crippen molar-refractivity contribution < 1.29 is 18.1 Å². The molecule has 2 rings (SSSR count). The number of hydrogen-bond acceptors (Lipinski definition) is 5. The molecule has 1 aliphatic rings. The molecule has 1 aliphatic heterocycles. The second-order valence-electron chi connectivity index (χ2n) is 6.15. The maximum absolute atomic E-state index is 12.8. The van der Waals surface area contributed by atoms with Crippen molar-refractivity contribution in [3.05, 3.63) is 18.2 Å². The zero-order valence-electron chi connectivity index (χ0n) is 12.9. The molecular weight excluding hydrogens is 309 g/mol. The van der Waals surface area contributed by atoms with Gasteiger partial charge in [0.2, 0.25) is 5.16 Å². The third-order valence-electron chi connectivity index (χ3n) is 3.17. The molecule has 0 N–H and O–H groups in total. The molecule has 1 unspecified atom stereocenters. The third kappa shape index (κ3) is 4.46. The van der Waals surface area contributed by atoms with Gasteiger partial charge in [-0.1, -0.05) is 0 Å². The van der Waals surface area contributed by atoms with Gasteiger partial charge in [0.05, 0.1) is 23.2 Å². The number of rotatable bonds is 2. The van der Waals surface area contributed by atoms with Crippen LogP contribution in [0.4, 0.5) is 9.18 Å². The minimum absolute atomic E-state index is 0.135. The molecule has 0 aliphatic carbocycles. The summed E-state index contributed by atoms with van der Waals surface area (Å²) in [4.78, 5) is 21.1. The van der Waals surface area contributed by atoms with Crippen molar-refractivity contribution in [1.82, 2.24) is 14.9 Å². The average molecular weight is 329 g/mol. The first kappa shape index (κ1) is 16.8. The second-order valence-corrected chi connectivity index (χ2v) is 7.77. The van der Waals surface area contributed by atoms with Crippen LogP contribution in [0.25, 0.3) is 0 Å². The van der Waals surface area contributed by atoms with E-state index in [4.69, 9.17) is 4.74 Å². The lowest BCUT2D eigenvalue weighted by Gasteiger charge is -2.32. The highest BCUT2D eigenvalue weighted by atomic mass is 32.2. The molecule has 8 heteroatoms. The van der Waals surface area contributed by atoms with Gasteiger partial charge in [0.15, 0.2) is 5.82 Å². The summed E-state index contributed by atoms with van der Waals surface area (Å²) in [6.07, 6.45) is 2.82. The minimum atomic E-state index is -1.39. The topological polar surface area (TPSA) is 72.4 Å². The van der Waals surface area contributed by atoms with Crippen LogP contribution >= 0.6 is 0 Å². The third-order valence-corrected chi connectivity index (χ3v) is 4.82. The quantitative estimate of drug-likeness (QED) is 0.777. The predicted octanol–water partition coefficient (Wildman–Crippen LogP) is 2.12. The number of amides is 1. The van der Waals surface area contributed by atoms with Gasteiger partial charge in [-0.2, -0.15) is 0 Å². The lowest BCUT2D eigenvalue weighted by atomic mass is 10.1. The zero-order chi connectivity index (χ0) is 16.3. The van der Waals surface area contributed by atoms with Crippen molar-refractivity contribution in [2.45, 2.75) is 49.6 Å². The largest absolute Gasteiger partial charge is 0.444 e. The Bertz CT molecular complexity index is 551.